The van der Waals surface area contributed by atoms with Crippen LogP contribution in [0.3, 0.4) is 0 Å². The van der Waals surface area contributed by atoms with Crippen LogP contribution in [0.1, 0.15) is 19.3 Å². The van der Waals surface area contributed by atoms with Gasteiger partial charge in [-0.2, -0.15) is 0 Å². The monoisotopic (exact) mass is 342 g/mol. The number of nitrogens with one attached hydrogen (secondary N) is 2. The van der Waals surface area contributed by atoms with Crippen LogP contribution in [0.15, 0.2) is 22.7 Å². The molecule has 2 aliphatic rings. The Bertz CT molecular complexity index is 514. The summed E-state index contributed by atoms with van der Waals surface area (Å²) in [7, 11) is 0. The lowest BCUT2D eigenvalue weighted by atomic mass is 9.92. The lowest BCUT2D eigenvalue weighted by Gasteiger charge is -2.23. The number of benzene rings is 1. The first kappa shape index (κ1) is 13.4. The number of halogens is 2. The molecule has 3 nitrogen and oxygen atoms in total. The Morgan fingerprint density at radius 3 is 2.84 bits per heavy atom. The number of hydrogen-bond donors (Lipinski definition) is 2. The quantitative estimate of drug-likeness (QED) is 0.864. The number of piperidine rings is 1. The number of hydrogen-bond acceptors (Lipinski definition) is 2. The molecule has 0 radical (unpaired) electrons. The van der Waals surface area contributed by atoms with Gasteiger partial charge in [-0.3, -0.25) is 4.79 Å². The molecule has 1 saturated heterocycles. The lowest BCUT2D eigenvalue weighted by Crippen LogP contribution is -2.31. The van der Waals surface area contributed by atoms with Crippen LogP contribution in [0.25, 0.3) is 0 Å². The molecule has 1 unspecified atom stereocenters. The summed E-state index contributed by atoms with van der Waals surface area (Å²) >= 11 is 9.37. The highest BCUT2D eigenvalue weighted by atomic mass is 79.9. The fourth-order valence-corrected chi connectivity index (χ4v) is 3.43. The Hall–Kier alpha value is -0.580. The zero-order valence-corrected chi connectivity index (χ0v) is 12.9. The third kappa shape index (κ3) is 2.67. The number of carbonyl (C=O) groups is 1. The minimum Gasteiger partial charge on any atom is -0.326 e. The van der Waals surface area contributed by atoms with E-state index in [1.54, 1.807) is 6.07 Å². The van der Waals surface area contributed by atoms with Gasteiger partial charge in [-0.1, -0.05) is 11.6 Å². The van der Waals surface area contributed by atoms with Crippen molar-refractivity contribution in [1.82, 2.24) is 5.32 Å². The van der Waals surface area contributed by atoms with Crippen LogP contribution < -0.4 is 10.6 Å². The van der Waals surface area contributed by atoms with Crippen LogP contribution in [0, 0.1) is 11.3 Å². The summed E-state index contributed by atoms with van der Waals surface area (Å²) in [6, 6.07) is 5.50. The third-order valence-corrected chi connectivity index (χ3v) is 5.53. The minimum absolute atomic E-state index is 0.139. The van der Waals surface area contributed by atoms with Gasteiger partial charge in [0.2, 0.25) is 5.91 Å². The number of amides is 1. The maximum absolute atomic E-state index is 12.3. The average molecular weight is 344 g/mol. The highest BCUT2D eigenvalue weighted by Crippen LogP contribution is 2.58. The predicted molar refractivity (Wildman–Crippen MR) is 80.4 cm³/mol. The van der Waals surface area contributed by atoms with Crippen LogP contribution in [0.2, 0.25) is 5.02 Å². The van der Waals surface area contributed by atoms with Gasteiger partial charge in [0.05, 0.1) is 5.02 Å². The van der Waals surface area contributed by atoms with Crippen molar-refractivity contribution in [3.8, 4) is 0 Å². The summed E-state index contributed by atoms with van der Waals surface area (Å²) in [5.41, 5.74) is 1.04. The van der Waals surface area contributed by atoms with Gasteiger partial charge in [-0.15, -0.1) is 0 Å². The third-order valence-electron chi connectivity index (χ3n) is 4.29. The van der Waals surface area contributed by atoms with Crippen molar-refractivity contribution >= 4 is 39.1 Å². The topological polar surface area (TPSA) is 41.1 Å². The molecule has 1 saturated carbocycles. The SMILES string of the molecule is O=C(Nc1ccc(Br)c(Cl)c1)C1CC12CCNCC2. The van der Waals surface area contributed by atoms with E-state index in [0.29, 0.717) is 5.02 Å². The van der Waals surface area contributed by atoms with Crippen LogP contribution >= 0.6 is 27.5 Å². The molecule has 0 bridgehead atoms. The molecule has 1 atom stereocenters. The van der Waals surface area contributed by atoms with Crippen molar-refractivity contribution in [3.63, 3.8) is 0 Å². The lowest BCUT2D eigenvalue weighted by molar-refractivity contribution is -0.118. The van der Waals surface area contributed by atoms with Gasteiger partial charge in [0.1, 0.15) is 0 Å². The zero-order valence-electron chi connectivity index (χ0n) is 10.5. The van der Waals surface area contributed by atoms with E-state index < -0.39 is 0 Å². The first-order valence-corrected chi connectivity index (χ1v) is 7.74. The van der Waals surface area contributed by atoms with Crippen molar-refractivity contribution in [2.24, 2.45) is 11.3 Å². The van der Waals surface area contributed by atoms with Crippen molar-refractivity contribution in [3.05, 3.63) is 27.7 Å². The molecular weight excluding hydrogens is 328 g/mol. The van der Waals surface area contributed by atoms with Gasteiger partial charge in [0.15, 0.2) is 0 Å². The summed E-state index contributed by atoms with van der Waals surface area (Å²) in [4.78, 5) is 12.3. The molecule has 19 heavy (non-hydrogen) atoms. The van der Waals surface area contributed by atoms with Crippen molar-refractivity contribution in [2.75, 3.05) is 18.4 Å². The summed E-state index contributed by atoms with van der Waals surface area (Å²) in [6.07, 6.45) is 3.27. The molecule has 1 aliphatic heterocycles. The van der Waals surface area contributed by atoms with Crippen LogP contribution in [-0.4, -0.2) is 19.0 Å². The standard InChI is InChI=1S/C14H16BrClN2O/c15-11-2-1-9(7-12(11)16)18-13(19)10-8-14(10)3-5-17-6-4-14/h1-2,7,10,17H,3-6,8H2,(H,18,19). The molecular formula is C14H16BrClN2O. The smallest absolute Gasteiger partial charge is 0.228 e. The highest BCUT2D eigenvalue weighted by Gasteiger charge is 2.57. The fourth-order valence-electron chi connectivity index (χ4n) is 3.00. The Kier molecular flexibility index (Phi) is 3.58. The number of rotatable bonds is 2. The molecule has 1 aliphatic carbocycles. The Morgan fingerprint density at radius 2 is 2.16 bits per heavy atom. The molecule has 5 heteroatoms. The first-order valence-electron chi connectivity index (χ1n) is 6.57. The Labute approximate surface area is 126 Å². The molecule has 1 aromatic carbocycles. The first-order chi connectivity index (χ1) is 9.11. The molecule has 1 spiro atoms. The summed E-state index contributed by atoms with van der Waals surface area (Å²) in [5.74, 6) is 0.317. The van der Waals surface area contributed by atoms with E-state index in [9.17, 15) is 4.79 Å². The summed E-state index contributed by atoms with van der Waals surface area (Å²) in [5, 5.41) is 6.94. The van der Waals surface area contributed by atoms with E-state index in [-0.39, 0.29) is 17.2 Å². The second-order valence-electron chi connectivity index (χ2n) is 5.49. The minimum atomic E-state index is 0.139. The summed E-state index contributed by atoms with van der Waals surface area (Å²) < 4.78 is 0.841. The Balaban J connectivity index is 1.64. The number of carbonyl (C=O) groups excluding carboxylic acids is 1. The number of anilines is 1. The predicted octanol–water partition coefficient (Wildman–Crippen LogP) is 3.43. The van der Waals surface area contributed by atoms with E-state index in [1.165, 1.54) is 0 Å². The molecule has 0 aromatic heterocycles. The van der Waals surface area contributed by atoms with Crippen molar-refractivity contribution in [2.45, 2.75) is 19.3 Å². The molecule has 3 rings (SSSR count). The molecule has 1 amide bonds. The second-order valence-corrected chi connectivity index (χ2v) is 6.75. The van der Waals surface area contributed by atoms with E-state index in [1.807, 2.05) is 12.1 Å². The normalized spacial score (nSPS) is 24.2. The van der Waals surface area contributed by atoms with E-state index >= 15 is 0 Å². The average Bonchev–Trinajstić information content (AvgIpc) is 3.08. The van der Waals surface area contributed by atoms with Gasteiger partial charge in [-0.25, -0.2) is 0 Å². The van der Waals surface area contributed by atoms with Gasteiger partial charge >= 0.3 is 0 Å². The molecule has 102 valence electrons. The maximum Gasteiger partial charge on any atom is 0.228 e. The van der Waals surface area contributed by atoms with Crippen LogP contribution in [0.5, 0.6) is 0 Å². The van der Waals surface area contributed by atoms with Crippen molar-refractivity contribution < 1.29 is 4.79 Å². The Morgan fingerprint density at radius 1 is 1.42 bits per heavy atom. The zero-order chi connectivity index (χ0) is 13.5. The van der Waals surface area contributed by atoms with Gasteiger partial charge in [-0.05, 0) is 71.9 Å². The van der Waals surface area contributed by atoms with Crippen molar-refractivity contribution in [1.29, 1.82) is 0 Å². The highest BCUT2D eigenvalue weighted by molar-refractivity contribution is 9.10. The van der Waals surface area contributed by atoms with Gasteiger partial charge in [0.25, 0.3) is 0 Å². The van der Waals surface area contributed by atoms with E-state index in [4.69, 9.17) is 11.6 Å². The molecule has 1 aromatic rings. The van der Waals surface area contributed by atoms with E-state index in [0.717, 1.165) is 42.5 Å². The van der Waals surface area contributed by atoms with Crippen LogP contribution in [-0.2, 0) is 4.79 Å². The van der Waals surface area contributed by atoms with Gasteiger partial charge in [0, 0.05) is 16.1 Å². The fraction of sp³-hybridized carbons (Fsp3) is 0.500. The second kappa shape index (κ2) is 5.08. The largest absolute Gasteiger partial charge is 0.326 e. The van der Waals surface area contributed by atoms with Crippen LogP contribution in [0.4, 0.5) is 5.69 Å². The molecule has 1 heterocycles. The molecule has 2 N–H and O–H groups in total. The summed E-state index contributed by atoms with van der Waals surface area (Å²) in [6.45, 7) is 2.07. The van der Waals surface area contributed by atoms with Gasteiger partial charge < -0.3 is 10.6 Å². The maximum atomic E-state index is 12.3. The van der Waals surface area contributed by atoms with E-state index in [2.05, 4.69) is 26.6 Å². The molecule has 2 fully saturated rings.